The van der Waals surface area contributed by atoms with Gasteiger partial charge in [0.25, 0.3) is 5.91 Å². The summed E-state index contributed by atoms with van der Waals surface area (Å²) in [6, 6.07) is 6.60. The molecule has 0 saturated carbocycles. The number of nitrogen functional groups attached to an aromatic ring is 1. The number of nitrogens with two attached hydrogens (primary N) is 1. The number of carbonyl (C=O) groups excluding carboxylic acids is 1. The Kier molecular flexibility index (Phi) is 6.50. The number of halogens is 2. The minimum Gasteiger partial charge on any atom is -0.399 e. The first-order chi connectivity index (χ1) is 10.3. The number of hydrogen-bond acceptors (Lipinski definition) is 2. The Bertz CT molecular complexity index is 608. The highest BCUT2D eigenvalue weighted by atomic mass is 19.1. The van der Waals surface area contributed by atoms with Gasteiger partial charge in [-0.05, 0) is 42.2 Å². The highest BCUT2D eigenvalue weighted by molar-refractivity contribution is 5.94. The number of hydrogen-bond donors (Lipinski definition) is 2. The van der Waals surface area contributed by atoms with Crippen molar-refractivity contribution in [3.8, 4) is 0 Å². The summed E-state index contributed by atoms with van der Waals surface area (Å²) < 4.78 is 26.0. The molecule has 0 radical (unpaired) electrons. The smallest absolute Gasteiger partial charge is 0.251 e. The molecule has 1 unspecified atom stereocenters. The maximum absolute atomic E-state index is 13.2. The lowest BCUT2D eigenvalue weighted by Gasteiger charge is -2.14. The molecule has 5 heteroatoms. The van der Waals surface area contributed by atoms with Gasteiger partial charge >= 0.3 is 0 Å². The molecule has 118 valence electrons. The van der Waals surface area contributed by atoms with E-state index in [1.807, 2.05) is 6.92 Å². The number of allylic oxidation sites excluding steroid dienone is 4. The second-order valence-electron chi connectivity index (χ2n) is 5.17. The van der Waals surface area contributed by atoms with Crippen LogP contribution in [0.1, 0.15) is 23.7 Å². The van der Waals surface area contributed by atoms with Gasteiger partial charge in [-0.15, -0.1) is 0 Å². The third kappa shape index (κ3) is 5.91. The molecule has 0 spiro atoms. The molecule has 0 aliphatic rings. The first-order valence-corrected chi connectivity index (χ1v) is 6.83. The lowest BCUT2D eigenvalue weighted by atomic mass is 9.99. The molecule has 3 nitrogen and oxygen atoms in total. The van der Waals surface area contributed by atoms with Crippen molar-refractivity contribution >= 4 is 11.6 Å². The molecular formula is C17H20F2N2O. The Morgan fingerprint density at radius 3 is 2.64 bits per heavy atom. The largest absolute Gasteiger partial charge is 0.399 e. The first kappa shape index (κ1) is 17.6. The van der Waals surface area contributed by atoms with Crippen LogP contribution in [0.2, 0.25) is 0 Å². The fourth-order valence-electron chi connectivity index (χ4n) is 1.93. The standard InChI is InChI=1S/C17H20F2N2O/c1-11(7-15(13(3)19)8-12(2)18)10-21-17(22)14-5-4-6-16(20)9-14/h4-6,8-9,11H,2-3,7,10,20H2,1H3,(H,21,22)/b15-8-. The van der Waals surface area contributed by atoms with Crippen LogP contribution in [0.4, 0.5) is 14.5 Å². The van der Waals surface area contributed by atoms with Gasteiger partial charge in [-0.2, -0.15) is 0 Å². The van der Waals surface area contributed by atoms with Crippen molar-refractivity contribution in [1.82, 2.24) is 5.32 Å². The molecule has 1 amide bonds. The third-order valence-corrected chi connectivity index (χ3v) is 3.01. The number of nitrogens with one attached hydrogen (secondary N) is 1. The number of anilines is 1. The molecule has 1 aromatic rings. The van der Waals surface area contributed by atoms with Crippen LogP contribution in [0.5, 0.6) is 0 Å². The van der Waals surface area contributed by atoms with E-state index in [1.54, 1.807) is 24.3 Å². The molecule has 3 N–H and O–H groups in total. The molecule has 1 aromatic carbocycles. The Morgan fingerprint density at radius 2 is 2.09 bits per heavy atom. The zero-order chi connectivity index (χ0) is 16.7. The molecule has 0 saturated heterocycles. The second-order valence-corrected chi connectivity index (χ2v) is 5.17. The SMILES string of the molecule is C=C(F)/C=C(/CC(C)CNC(=O)c1cccc(N)c1)C(=C)F. The normalized spacial score (nSPS) is 12.6. The van der Waals surface area contributed by atoms with E-state index in [9.17, 15) is 13.6 Å². The predicted octanol–water partition coefficient (Wildman–Crippen LogP) is 3.92. The van der Waals surface area contributed by atoms with Crippen molar-refractivity contribution in [2.24, 2.45) is 5.92 Å². The molecule has 0 heterocycles. The van der Waals surface area contributed by atoms with Gasteiger partial charge in [0.15, 0.2) is 0 Å². The van der Waals surface area contributed by atoms with E-state index in [4.69, 9.17) is 5.73 Å². The molecule has 1 atom stereocenters. The maximum Gasteiger partial charge on any atom is 0.251 e. The number of rotatable bonds is 7. The van der Waals surface area contributed by atoms with Gasteiger partial charge in [0.05, 0.1) is 0 Å². The van der Waals surface area contributed by atoms with Gasteiger partial charge in [0, 0.05) is 17.8 Å². The Hall–Kier alpha value is -2.43. The van der Waals surface area contributed by atoms with Crippen LogP contribution in [0.25, 0.3) is 0 Å². The van der Waals surface area contributed by atoms with Gasteiger partial charge < -0.3 is 11.1 Å². The van der Waals surface area contributed by atoms with Gasteiger partial charge in [-0.3, -0.25) is 4.79 Å². The zero-order valence-corrected chi connectivity index (χ0v) is 12.5. The summed E-state index contributed by atoms with van der Waals surface area (Å²) in [5, 5.41) is 2.73. The van der Waals surface area contributed by atoms with E-state index in [0.717, 1.165) is 6.08 Å². The van der Waals surface area contributed by atoms with Crippen molar-refractivity contribution in [3.05, 3.63) is 66.3 Å². The summed E-state index contributed by atoms with van der Waals surface area (Å²) in [5.74, 6) is -1.79. The number of carbonyl (C=O) groups is 1. The molecule has 22 heavy (non-hydrogen) atoms. The number of amides is 1. The first-order valence-electron chi connectivity index (χ1n) is 6.83. The highest BCUT2D eigenvalue weighted by Gasteiger charge is 2.12. The minimum atomic E-state index is -0.732. The van der Waals surface area contributed by atoms with Crippen molar-refractivity contribution in [1.29, 1.82) is 0 Å². The lowest BCUT2D eigenvalue weighted by Crippen LogP contribution is -2.28. The summed E-state index contributed by atoms with van der Waals surface area (Å²) in [7, 11) is 0. The van der Waals surface area contributed by atoms with Gasteiger partial charge in [-0.1, -0.05) is 26.1 Å². The molecule has 0 fully saturated rings. The molecule has 0 bridgehead atoms. The molecular weight excluding hydrogens is 286 g/mol. The topological polar surface area (TPSA) is 55.1 Å². The van der Waals surface area contributed by atoms with Crippen LogP contribution in [0.3, 0.4) is 0 Å². The van der Waals surface area contributed by atoms with E-state index < -0.39 is 11.7 Å². The Balaban J connectivity index is 2.58. The monoisotopic (exact) mass is 306 g/mol. The van der Waals surface area contributed by atoms with Crippen molar-refractivity contribution < 1.29 is 13.6 Å². The summed E-state index contributed by atoms with van der Waals surface area (Å²) >= 11 is 0. The van der Waals surface area contributed by atoms with Crippen LogP contribution >= 0.6 is 0 Å². The fourth-order valence-corrected chi connectivity index (χ4v) is 1.93. The van der Waals surface area contributed by atoms with Crippen LogP contribution in [-0.2, 0) is 0 Å². The van der Waals surface area contributed by atoms with Crippen molar-refractivity contribution in [3.63, 3.8) is 0 Å². The summed E-state index contributed by atoms with van der Waals surface area (Å²) in [4.78, 5) is 12.0. The summed E-state index contributed by atoms with van der Waals surface area (Å²) in [6.45, 7) is 8.38. The van der Waals surface area contributed by atoms with Gasteiger partial charge in [0.2, 0.25) is 0 Å². The molecule has 0 aliphatic heterocycles. The second kappa shape index (κ2) is 8.12. The molecule has 1 rings (SSSR count). The van der Waals surface area contributed by atoms with E-state index in [0.29, 0.717) is 17.8 Å². The average Bonchev–Trinajstić information content (AvgIpc) is 2.43. The minimum absolute atomic E-state index is 0.0943. The van der Waals surface area contributed by atoms with E-state index >= 15 is 0 Å². The highest BCUT2D eigenvalue weighted by Crippen LogP contribution is 2.21. The van der Waals surface area contributed by atoms with Gasteiger partial charge in [0.1, 0.15) is 11.7 Å². The van der Waals surface area contributed by atoms with Crippen LogP contribution in [0, 0.1) is 5.92 Å². The van der Waals surface area contributed by atoms with E-state index in [1.165, 1.54) is 0 Å². The van der Waals surface area contributed by atoms with Crippen LogP contribution in [0.15, 0.2) is 60.7 Å². The summed E-state index contributed by atoms with van der Waals surface area (Å²) in [6.07, 6.45) is 1.26. The predicted molar refractivity (Wildman–Crippen MR) is 85.5 cm³/mol. The third-order valence-electron chi connectivity index (χ3n) is 3.01. The molecule has 0 aliphatic carbocycles. The van der Waals surface area contributed by atoms with Crippen molar-refractivity contribution in [2.75, 3.05) is 12.3 Å². The van der Waals surface area contributed by atoms with E-state index in [-0.39, 0.29) is 23.8 Å². The Labute approximate surface area is 129 Å². The Morgan fingerprint density at radius 1 is 1.41 bits per heavy atom. The quantitative estimate of drug-likeness (QED) is 0.592. The average molecular weight is 306 g/mol. The van der Waals surface area contributed by atoms with Crippen LogP contribution < -0.4 is 11.1 Å². The van der Waals surface area contributed by atoms with Gasteiger partial charge in [-0.25, -0.2) is 8.78 Å². The number of benzene rings is 1. The molecule has 0 aromatic heterocycles. The van der Waals surface area contributed by atoms with Crippen molar-refractivity contribution in [2.45, 2.75) is 13.3 Å². The summed E-state index contributed by atoms with van der Waals surface area (Å²) in [5.41, 5.74) is 6.71. The fraction of sp³-hybridized carbons (Fsp3) is 0.235. The lowest BCUT2D eigenvalue weighted by molar-refractivity contribution is 0.0948. The van der Waals surface area contributed by atoms with Crippen LogP contribution in [-0.4, -0.2) is 12.5 Å². The maximum atomic E-state index is 13.2. The zero-order valence-electron chi connectivity index (χ0n) is 12.5. The van der Waals surface area contributed by atoms with E-state index in [2.05, 4.69) is 18.5 Å².